The number of carbonyl (C=O) groups excluding carboxylic acids is 1. The fourth-order valence-electron chi connectivity index (χ4n) is 2.36. The van der Waals surface area contributed by atoms with Crippen LogP contribution in [0.25, 0.3) is 21.9 Å². The number of nitrogens with one attached hydrogen (secondary N) is 1. The molecule has 20 heavy (non-hydrogen) atoms. The molecule has 0 aliphatic rings. The van der Waals surface area contributed by atoms with Crippen molar-refractivity contribution in [1.82, 2.24) is 0 Å². The highest BCUT2D eigenvalue weighted by molar-refractivity contribution is 6.06. The predicted molar refractivity (Wildman–Crippen MR) is 81.9 cm³/mol. The summed E-state index contributed by atoms with van der Waals surface area (Å²) in [6.45, 7) is 2.08. The molecule has 1 aromatic heterocycles. The fourth-order valence-corrected chi connectivity index (χ4v) is 2.36. The lowest BCUT2D eigenvalue weighted by molar-refractivity contribution is -0.116. The third-order valence-electron chi connectivity index (χ3n) is 3.42. The molecule has 0 unspecified atom stereocenters. The lowest BCUT2D eigenvalue weighted by Crippen LogP contribution is -2.10. The minimum Gasteiger partial charge on any atom is -0.456 e. The average Bonchev–Trinajstić information content (AvgIpc) is 2.83. The molecule has 3 rings (SSSR count). The Morgan fingerprint density at radius 3 is 2.75 bits per heavy atom. The van der Waals surface area contributed by atoms with Crippen molar-refractivity contribution in [2.75, 3.05) is 5.32 Å². The van der Waals surface area contributed by atoms with E-state index in [1.165, 1.54) is 0 Å². The molecule has 0 spiro atoms. The molecular weight excluding hydrogens is 250 g/mol. The lowest BCUT2D eigenvalue weighted by Gasteiger charge is -2.04. The first-order chi connectivity index (χ1) is 9.78. The monoisotopic (exact) mass is 267 g/mol. The molecule has 0 aliphatic heterocycles. The first-order valence-corrected chi connectivity index (χ1v) is 6.99. The predicted octanol–water partition coefficient (Wildman–Crippen LogP) is 4.71. The molecule has 0 radical (unpaired) electrons. The molecule has 0 atom stereocenters. The number of para-hydroxylation sites is 1. The van der Waals surface area contributed by atoms with Crippen molar-refractivity contribution in [2.45, 2.75) is 26.2 Å². The van der Waals surface area contributed by atoms with E-state index in [-0.39, 0.29) is 5.91 Å². The smallest absolute Gasteiger partial charge is 0.224 e. The summed E-state index contributed by atoms with van der Waals surface area (Å²) in [5.74, 6) is 0.0685. The van der Waals surface area contributed by atoms with E-state index < -0.39 is 0 Å². The van der Waals surface area contributed by atoms with E-state index in [0.29, 0.717) is 6.42 Å². The fraction of sp³-hybridized carbons (Fsp3) is 0.235. The van der Waals surface area contributed by atoms with Crippen molar-refractivity contribution in [2.24, 2.45) is 0 Å². The van der Waals surface area contributed by atoms with Crippen LogP contribution < -0.4 is 5.32 Å². The SMILES string of the molecule is CCCCC(=O)Nc1ccc2oc3ccccc3c2c1. The highest BCUT2D eigenvalue weighted by Gasteiger charge is 2.08. The van der Waals surface area contributed by atoms with Crippen molar-refractivity contribution in [1.29, 1.82) is 0 Å². The van der Waals surface area contributed by atoms with Gasteiger partial charge in [-0.3, -0.25) is 4.79 Å². The minimum absolute atomic E-state index is 0.0685. The molecular formula is C17H17NO2. The van der Waals surface area contributed by atoms with Crippen molar-refractivity contribution in [3.8, 4) is 0 Å². The second-order valence-corrected chi connectivity index (χ2v) is 4.96. The van der Waals surface area contributed by atoms with Crippen LogP contribution in [0.3, 0.4) is 0 Å². The quantitative estimate of drug-likeness (QED) is 0.743. The largest absolute Gasteiger partial charge is 0.456 e. The van der Waals surface area contributed by atoms with E-state index >= 15 is 0 Å². The van der Waals surface area contributed by atoms with Gasteiger partial charge in [-0.25, -0.2) is 0 Å². The number of rotatable bonds is 4. The van der Waals surface area contributed by atoms with Gasteiger partial charge < -0.3 is 9.73 Å². The molecule has 0 fully saturated rings. The molecule has 0 saturated heterocycles. The molecule has 1 heterocycles. The van der Waals surface area contributed by atoms with E-state index in [9.17, 15) is 4.79 Å². The number of unbranched alkanes of at least 4 members (excludes halogenated alkanes) is 1. The highest BCUT2D eigenvalue weighted by atomic mass is 16.3. The van der Waals surface area contributed by atoms with Crippen molar-refractivity contribution < 1.29 is 9.21 Å². The summed E-state index contributed by atoms with van der Waals surface area (Å²) in [6.07, 6.45) is 2.52. The van der Waals surface area contributed by atoms with Crippen LogP contribution in [0.5, 0.6) is 0 Å². The Kier molecular flexibility index (Phi) is 3.42. The minimum atomic E-state index is 0.0685. The molecule has 0 bridgehead atoms. The van der Waals surface area contributed by atoms with Crippen LogP contribution in [-0.2, 0) is 4.79 Å². The number of benzene rings is 2. The first-order valence-electron chi connectivity index (χ1n) is 6.99. The van der Waals surface area contributed by atoms with E-state index in [1.54, 1.807) is 0 Å². The maximum atomic E-state index is 11.8. The third kappa shape index (κ3) is 2.39. The van der Waals surface area contributed by atoms with Gasteiger partial charge in [-0.2, -0.15) is 0 Å². The zero-order valence-corrected chi connectivity index (χ0v) is 11.5. The number of carbonyl (C=O) groups is 1. The maximum Gasteiger partial charge on any atom is 0.224 e. The van der Waals surface area contributed by atoms with Crippen molar-refractivity contribution in [3.05, 3.63) is 42.5 Å². The summed E-state index contributed by atoms with van der Waals surface area (Å²) in [4.78, 5) is 11.8. The van der Waals surface area contributed by atoms with Gasteiger partial charge in [0.25, 0.3) is 0 Å². The van der Waals surface area contributed by atoms with Gasteiger partial charge in [0.15, 0.2) is 0 Å². The Balaban J connectivity index is 1.93. The normalized spacial score (nSPS) is 11.1. The average molecular weight is 267 g/mol. The van der Waals surface area contributed by atoms with Crippen LogP contribution in [0.4, 0.5) is 5.69 Å². The van der Waals surface area contributed by atoms with Gasteiger partial charge in [0.2, 0.25) is 5.91 Å². The summed E-state index contributed by atoms with van der Waals surface area (Å²) < 4.78 is 5.76. The van der Waals surface area contributed by atoms with Crippen LogP contribution in [0.15, 0.2) is 46.9 Å². The molecule has 3 nitrogen and oxygen atoms in total. The second-order valence-electron chi connectivity index (χ2n) is 4.96. The summed E-state index contributed by atoms with van der Waals surface area (Å²) in [5.41, 5.74) is 2.54. The van der Waals surface area contributed by atoms with Gasteiger partial charge in [-0.1, -0.05) is 31.5 Å². The summed E-state index contributed by atoms with van der Waals surface area (Å²) in [6, 6.07) is 13.7. The Morgan fingerprint density at radius 2 is 1.90 bits per heavy atom. The Hall–Kier alpha value is -2.29. The number of furan rings is 1. The molecule has 1 amide bonds. The zero-order valence-electron chi connectivity index (χ0n) is 11.5. The van der Waals surface area contributed by atoms with Gasteiger partial charge in [0.05, 0.1) is 0 Å². The number of fused-ring (bicyclic) bond motifs is 3. The Bertz CT molecular complexity index is 758. The first kappa shape index (κ1) is 12.7. The van der Waals surface area contributed by atoms with E-state index in [1.807, 2.05) is 42.5 Å². The van der Waals surface area contributed by atoms with Crippen LogP contribution in [-0.4, -0.2) is 5.91 Å². The van der Waals surface area contributed by atoms with Crippen LogP contribution in [0.2, 0.25) is 0 Å². The molecule has 0 saturated carbocycles. The number of amides is 1. The lowest BCUT2D eigenvalue weighted by atomic mass is 10.1. The Morgan fingerprint density at radius 1 is 1.10 bits per heavy atom. The van der Waals surface area contributed by atoms with Crippen molar-refractivity contribution >= 4 is 33.5 Å². The zero-order chi connectivity index (χ0) is 13.9. The Labute approximate surface area is 117 Å². The standard InChI is InChI=1S/C17H17NO2/c1-2-3-8-17(19)18-12-9-10-16-14(11-12)13-6-4-5-7-15(13)20-16/h4-7,9-11H,2-3,8H2,1H3,(H,18,19). The van der Waals surface area contributed by atoms with Gasteiger partial charge in [-0.15, -0.1) is 0 Å². The molecule has 102 valence electrons. The van der Waals surface area contributed by atoms with E-state index in [2.05, 4.69) is 12.2 Å². The summed E-state index contributed by atoms with van der Waals surface area (Å²) >= 11 is 0. The number of anilines is 1. The molecule has 3 aromatic rings. The van der Waals surface area contributed by atoms with Gasteiger partial charge in [0, 0.05) is 22.9 Å². The topological polar surface area (TPSA) is 42.2 Å². The highest BCUT2D eigenvalue weighted by Crippen LogP contribution is 2.30. The molecule has 0 aliphatic carbocycles. The van der Waals surface area contributed by atoms with E-state index in [0.717, 1.165) is 40.5 Å². The van der Waals surface area contributed by atoms with E-state index in [4.69, 9.17) is 4.42 Å². The maximum absolute atomic E-state index is 11.8. The van der Waals surface area contributed by atoms with Crippen LogP contribution in [0, 0.1) is 0 Å². The van der Waals surface area contributed by atoms with Crippen molar-refractivity contribution in [3.63, 3.8) is 0 Å². The van der Waals surface area contributed by atoms with Crippen LogP contribution >= 0.6 is 0 Å². The number of hydrogen-bond donors (Lipinski definition) is 1. The van der Waals surface area contributed by atoms with Gasteiger partial charge in [0.1, 0.15) is 11.2 Å². The molecule has 2 aromatic carbocycles. The molecule has 3 heteroatoms. The summed E-state index contributed by atoms with van der Waals surface area (Å²) in [5, 5.41) is 5.05. The molecule has 1 N–H and O–H groups in total. The van der Waals surface area contributed by atoms with Gasteiger partial charge >= 0.3 is 0 Å². The van der Waals surface area contributed by atoms with Crippen LogP contribution in [0.1, 0.15) is 26.2 Å². The summed E-state index contributed by atoms with van der Waals surface area (Å²) in [7, 11) is 0. The second kappa shape index (κ2) is 5.37. The number of hydrogen-bond acceptors (Lipinski definition) is 2. The third-order valence-corrected chi connectivity index (χ3v) is 3.42. The van der Waals surface area contributed by atoms with Gasteiger partial charge in [-0.05, 0) is 30.7 Å².